The average molecular weight is 406 g/mol. The summed E-state index contributed by atoms with van der Waals surface area (Å²) >= 11 is 0. The van der Waals surface area contributed by atoms with Crippen molar-refractivity contribution in [1.29, 1.82) is 0 Å². The number of fused-ring (bicyclic) bond motifs is 1. The van der Waals surface area contributed by atoms with Crippen LogP contribution in [0.4, 0.5) is 11.4 Å². The van der Waals surface area contributed by atoms with E-state index < -0.39 is 0 Å². The number of carbonyl (C=O) groups excluding carboxylic acids is 1. The van der Waals surface area contributed by atoms with Gasteiger partial charge in [-0.3, -0.25) is 4.79 Å². The van der Waals surface area contributed by atoms with E-state index in [1.54, 1.807) is 6.20 Å². The number of aryl methyl sites for hydroxylation is 1. The number of nitrogens with zero attached hydrogens (tertiary/aromatic N) is 1. The highest BCUT2D eigenvalue weighted by Crippen LogP contribution is 2.34. The SMILES string of the molecule is Cc1cccc2c1/C(=C\Nc1ccc(OCCCCN3CCCCC3)cc1)C(=O)N2. The molecule has 2 aromatic carbocycles. The Hall–Kier alpha value is -2.79. The summed E-state index contributed by atoms with van der Waals surface area (Å²) in [6.45, 7) is 6.49. The Morgan fingerprint density at radius 2 is 1.87 bits per heavy atom. The zero-order valence-corrected chi connectivity index (χ0v) is 17.7. The van der Waals surface area contributed by atoms with Gasteiger partial charge in [0, 0.05) is 23.1 Å². The maximum Gasteiger partial charge on any atom is 0.257 e. The number of benzene rings is 2. The lowest BCUT2D eigenvalue weighted by Gasteiger charge is -2.26. The molecule has 158 valence electrons. The topological polar surface area (TPSA) is 53.6 Å². The third kappa shape index (κ3) is 5.03. The Kier molecular flexibility index (Phi) is 6.70. The number of hydrogen-bond donors (Lipinski definition) is 2. The van der Waals surface area contributed by atoms with Crippen molar-refractivity contribution in [3.63, 3.8) is 0 Å². The van der Waals surface area contributed by atoms with E-state index in [1.165, 1.54) is 45.3 Å². The normalized spacial score (nSPS) is 17.6. The standard InChI is InChI=1S/C25H31N3O2/c1-19-8-7-9-23-24(19)22(25(29)27-23)18-26-20-10-12-21(13-11-20)30-17-6-5-16-28-14-3-2-4-15-28/h7-13,18,26H,2-6,14-17H2,1H3,(H,27,29)/b22-18+. The van der Waals surface area contributed by atoms with Crippen LogP contribution in [0.1, 0.15) is 43.2 Å². The van der Waals surface area contributed by atoms with Crippen molar-refractivity contribution in [3.8, 4) is 5.75 Å². The first kappa shape index (κ1) is 20.5. The molecule has 2 N–H and O–H groups in total. The van der Waals surface area contributed by atoms with Gasteiger partial charge in [0.1, 0.15) is 5.75 Å². The van der Waals surface area contributed by atoms with Crippen LogP contribution in [-0.2, 0) is 4.79 Å². The van der Waals surface area contributed by atoms with E-state index in [4.69, 9.17) is 4.74 Å². The zero-order chi connectivity index (χ0) is 20.8. The molecule has 2 heterocycles. The molecule has 1 amide bonds. The molecule has 0 radical (unpaired) electrons. The monoisotopic (exact) mass is 405 g/mol. The molecule has 2 aliphatic heterocycles. The molecular formula is C25H31N3O2. The predicted octanol–water partition coefficient (Wildman–Crippen LogP) is 5.05. The molecule has 4 rings (SSSR count). The van der Waals surface area contributed by atoms with Crippen molar-refractivity contribution in [2.24, 2.45) is 0 Å². The summed E-state index contributed by atoms with van der Waals surface area (Å²) < 4.78 is 5.88. The molecule has 0 spiro atoms. The third-order valence-electron chi connectivity index (χ3n) is 5.86. The number of anilines is 2. The van der Waals surface area contributed by atoms with Crippen LogP contribution in [0.2, 0.25) is 0 Å². The summed E-state index contributed by atoms with van der Waals surface area (Å²) in [5.41, 5.74) is 4.52. The number of piperidine rings is 1. The summed E-state index contributed by atoms with van der Waals surface area (Å²) in [6.07, 6.45) is 8.15. The molecule has 0 aromatic heterocycles. The lowest BCUT2D eigenvalue weighted by atomic mass is 10.0. The van der Waals surface area contributed by atoms with Crippen molar-refractivity contribution in [2.45, 2.75) is 39.0 Å². The van der Waals surface area contributed by atoms with Crippen molar-refractivity contribution >= 4 is 22.9 Å². The van der Waals surface area contributed by atoms with Crippen LogP contribution in [-0.4, -0.2) is 37.0 Å². The van der Waals surface area contributed by atoms with E-state index in [0.29, 0.717) is 5.57 Å². The number of rotatable bonds is 8. The van der Waals surface area contributed by atoms with E-state index in [9.17, 15) is 4.79 Å². The molecule has 1 fully saturated rings. The van der Waals surface area contributed by atoms with Crippen molar-refractivity contribution < 1.29 is 9.53 Å². The number of amides is 1. The highest BCUT2D eigenvalue weighted by atomic mass is 16.5. The molecule has 5 nitrogen and oxygen atoms in total. The van der Waals surface area contributed by atoms with Gasteiger partial charge in [-0.15, -0.1) is 0 Å². The van der Waals surface area contributed by atoms with Gasteiger partial charge >= 0.3 is 0 Å². The first-order valence-electron chi connectivity index (χ1n) is 11.0. The molecular weight excluding hydrogens is 374 g/mol. The van der Waals surface area contributed by atoms with Gasteiger partial charge < -0.3 is 20.3 Å². The molecule has 30 heavy (non-hydrogen) atoms. The maximum absolute atomic E-state index is 12.3. The molecule has 0 aliphatic carbocycles. The van der Waals surface area contributed by atoms with Crippen LogP contribution in [0.3, 0.4) is 0 Å². The van der Waals surface area contributed by atoms with Gasteiger partial charge in [-0.2, -0.15) is 0 Å². The van der Waals surface area contributed by atoms with Crippen LogP contribution < -0.4 is 15.4 Å². The van der Waals surface area contributed by atoms with Crippen LogP contribution in [0, 0.1) is 6.92 Å². The van der Waals surface area contributed by atoms with Crippen molar-refractivity contribution in [1.82, 2.24) is 4.90 Å². The minimum absolute atomic E-state index is 0.0729. The number of likely N-dealkylation sites (tertiary alicyclic amines) is 1. The van der Waals surface area contributed by atoms with Gasteiger partial charge in [0.2, 0.25) is 0 Å². The number of hydrogen-bond acceptors (Lipinski definition) is 4. The minimum atomic E-state index is -0.0729. The molecule has 1 saturated heterocycles. The summed E-state index contributed by atoms with van der Waals surface area (Å²) in [7, 11) is 0. The third-order valence-corrected chi connectivity index (χ3v) is 5.86. The Balaban J connectivity index is 1.24. The van der Waals surface area contributed by atoms with Gasteiger partial charge in [0.05, 0.1) is 12.2 Å². The maximum atomic E-state index is 12.3. The Bertz CT molecular complexity index is 899. The first-order valence-corrected chi connectivity index (χ1v) is 11.0. The van der Waals surface area contributed by atoms with Gasteiger partial charge in [-0.05, 0) is 88.1 Å². The number of unbranched alkanes of at least 4 members (excludes halogenated alkanes) is 1. The van der Waals surface area contributed by atoms with Gasteiger partial charge in [0.25, 0.3) is 5.91 Å². The Morgan fingerprint density at radius 3 is 2.67 bits per heavy atom. The highest BCUT2D eigenvalue weighted by molar-refractivity contribution is 6.32. The van der Waals surface area contributed by atoms with Gasteiger partial charge in [-0.1, -0.05) is 18.6 Å². The van der Waals surface area contributed by atoms with Crippen molar-refractivity contribution in [3.05, 3.63) is 59.8 Å². The van der Waals surface area contributed by atoms with E-state index >= 15 is 0 Å². The quantitative estimate of drug-likeness (QED) is 0.477. The van der Waals surface area contributed by atoms with Crippen LogP contribution in [0.25, 0.3) is 5.57 Å². The fraction of sp³-hybridized carbons (Fsp3) is 0.400. The zero-order valence-electron chi connectivity index (χ0n) is 17.7. The Labute approximate surface area is 179 Å². The second kappa shape index (κ2) is 9.81. The number of carbonyl (C=O) groups is 1. The summed E-state index contributed by atoms with van der Waals surface area (Å²) in [5.74, 6) is 0.808. The lowest BCUT2D eigenvalue weighted by Crippen LogP contribution is -2.30. The average Bonchev–Trinajstić information content (AvgIpc) is 3.10. The highest BCUT2D eigenvalue weighted by Gasteiger charge is 2.25. The lowest BCUT2D eigenvalue weighted by molar-refractivity contribution is -0.110. The fourth-order valence-electron chi connectivity index (χ4n) is 4.18. The molecule has 5 heteroatoms. The number of nitrogens with one attached hydrogen (secondary N) is 2. The predicted molar refractivity (Wildman–Crippen MR) is 123 cm³/mol. The molecule has 0 atom stereocenters. The van der Waals surface area contributed by atoms with Crippen LogP contribution >= 0.6 is 0 Å². The van der Waals surface area contributed by atoms with Crippen LogP contribution in [0.15, 0.2) is 48.7 Å². The summed E-state index contributed by atoms with van der Waals surface area (Å²) in [6, 6.07) is 13.8. The van der Waals surface area contributed by atoms with E-state index in [1.807, 2.05) is 49.4 Å². The van der Waals surface area contributed by atoms with E-state index in [0.717, 1.165) is 41.3 Å². The summed E-state index contributed by atoms with van der Waals surface area (Å²) in [4.78, 5) is 14.9. The van der Waals surface area contributed by atoms with Crippen LogP contribution in [0.5, 0.6) is 5.75 Å². The molecule has 2 aliphatic rings. The van der Waals surface area contributed by atoms with E-state index in [-0.39, 0.29) is 5.91 Å². The molecule has 0 unspecified atom stereocenters. The Morgan fingerprint density at radius 1 is 1.07 bits per heavy atom. The van der Waals surface area contributed by atoms with Crippen molar-refractivity contribution in [2.75, 3.05) is 36.9 Å². The van der Waals surface area contributed by atoms with Gasteiger partial charge in [-0.25, -0.2) is 0 Å². The van der Waals surface area contributed by atoms with E-state index in [2.05, 4.69) is 15.5 Å². The minimum Gasteiger partial charge on any atom is -0.494 e. The second-order valence-electron chi connectivity index (χ2n) is 8.14. The fourth-order valence-corrected chi connectivity index (χ4v) is 4.18. The largest absolute Gasteiger partial charge is 0.494 e. The molecule has 0 bridgehead atoms. The number of ether oxygens (including phenoxy) is 1. The second-order valence-corrected chi connectivity index (χ2v) is 8.14. The summed E-state index contributed by atoms with van der Waals surface area (Å²) in [5, 5.41) is 6.16. The smallest absolute Gasteiger partial charge is 0.257 e. The first-order chi connectivity index (χ1) is 14.7. The molecule has 2 aromatic rings. The molecule has 0 saturated carbocycles. The van der Waals surface area contributed by atoms with Gasteiger partial charge in [0.15, 0.2) is 0 Å².